The van der Waals surface area contributed by atoms with E-state index in [1.807, 2.05) is 6.07 Å². The topological polar surface area (TPSA) is 80.6 Å². The van der Waals surface area contributed by atoms with Crippen LogP contribution in [0.5, 0.6) is 5.75 Å². The largest absolute Gasteiger partial charge is 0.497 e. The summed E-state index contributed by atoms with van der Waals surface area (Å²) in [6, 6.07) is 14.1. The predicted octanol–water partition coefficient (Wildman–Crippen LogP) is 4.65. The lowest BCUT2D eigenvalue weighted by Gasteiger charge is -2.07. The Bertz CT molecular complexity index is 950. The Labute approximate surface area is 161 Å². The van der Waals surface area contributed by atoms with E-state index in [1.165, 1.54) is 0 Å². The zero-order valence-electron chi connectivity index (χ0n) is 14.8. The Morgan fingerprint density at radius 1 is 1.07 bits per heavy atom. The lowest BCUT2D eigenvalue weighted by molar-refractivity contribution is -0.116. The number of anilines is 2. The van der Waals surface area contributed by atoms with E-state index in [-0.39, 0.29) is 18.1 Å². The van der Waals surface area contributed by atoms with Crippen LogP contribution < -0.4 is 15.4 Å². The summed E-state index contributed by atoms with van der Waals surface area (Å²) in [5.74, 6) is 0.449. The van der Waals surface area contributed by atoms with Crippen molar-refractivity contribution >= 4 is 45.8 Å². The van der Waals surface area contributed by atoms with E-state index in [0.717, 1.165) is 0 Å². The highest BCUT2D eigenvalue weighted by atomic mass is 35.5. The number of halogens is 1. The number of hydrogen-bond donors (Lipinski definition) is 2. The van der Waals surface area contributed by atoms with Crippen molar-refractivity contribution in [2.45, 2.75) is 12.8 Å². The number of amides is 2. The van der Waals surface area contributed by atoms with Gasteiger partial charge in [0.25, 0.3) is 5.91 Å². The zero-order chi connectivity index (χ0) is 19.2. The molecule has 7 heteroatoms. The monoisotopic (exact) mass is 386 g/mol. The van der Waals surface area contributed by atoms with Crippen LogP contribution in [0.3, 0.4) is 0 Å². The third-order valence-corrected chi connectivity index (χ3v) is 4.22. The number of ether oxygens (including phenoxy) is 1. The van der Waals surface area contributed by atoms with Crippen LogP contribution in [-0.2, 0) is 4.79 Å². The second kappa shape index (κ2) is 8.60. The molecular formula is C20H19ClN2O4. The fourth-order valence-electron chi connectivity index (χ4n) is 2.62. The third-order valence-electron chi connectivity index (χ3n) is 3.95. The number of benzene rings is 2. The second-order valence-electron chi connectivity index (χ2n) is 5.83. The van der Waals surface area contributed by atoms with Gasteiger partial charge in [-0.15, -0.1) is 11.6 Å². The van der Waals surface area contributed by atoms with Gasteiger partial charge in [-0.3, -0.25) is 9.59 Å². The average Bonchev–Trinajstić information content (AvgIpc) is 3.05. The Hall–Kier alpha value is -2.99. The summed E-state index contributed by atoms with van der Waals surface area (Å²) in [6.45, 7) is 0. The van der Waals surface area contributed by atoms with Gasteiger partial charge in [0.2, 0.25) is 11.7 Å². The van der Waals surface area contributed by atoms with Crippen LogP contribution in [0.25, 0.3) is 11.0 Å². The number of carbonyl (C=O) groups is 2. The van der Waals surface area contributed by atoms with E-state index in [4.69, 9.17) is 20.8 Å². The maximum atomic E-state index is 12.7. The molecule has 2 amide bonds. The molecule has 0 atom stereocenters. The summed E-state index contributed by atoms with van der Waals surface area (Å²) in [5.41, 5.74) is 1.46. The molecule has 0 unspecified atom stereocenters. The van der Waals surface area contributed by atoms with E-state index < -0.39 is 5.91 Å². The number of carbonyl (C=O) groups excluding carboxylic acids is 2. The molecular weight excluding hydrogens is 368 g/mol. The molecule has 0 aliphatic heterocycles. The molecule has 0 radical (unpaired) electrons. The number of fused-ring (bicyclic) bond motifs is 1. The summed E-state index contributed by atoms with van der Waals surface area (Å²) in [5, 5.41) is 6.21. The minimum absolute atomic E-state index is 0.0474. The van der Waals surface area contributed by atoms with Gasteiger partial charge in [0.15, 0.2) is 0 Å². The molecule has 0 bridgehead atoms. The highest BCUT2D eigenvalue weighted by Gasteiger charge is 2.22. The normalized spacial score (nSPS) is 10.6. The second-order valence-corrected chi connectivity index (χ2v) is 6.20. The number of furan rings is 1. The summed E-state index contributed by atoms with van der Waals surface area (Å²) >= 11 is 5.64. The lowest BCUT2D eigenvalue weighted by Crippen LogP contribution is -2.17. The van der Waals surface area contributed by atoms with Crippen molar-refractivity contribution in [3.05, 3.63) is 54.3 Å². The smallest absolute Gasteiger partial charge is 0.293 e. The van der Waals surface area contributed by atoms with Gasteiger partial charge in [-0.25, -0.2) is 0 Å². The fourth-order valence-corrected chi connectivity index (χ4v) is 2.75. The third kappa shape index (κ3) is 4.41. The van der Waals surface area contributed by atoms with Crippen LogP contribution in [0.1, 0.15) is 23.4 Å². The van der Waals surface area contributed by atoms with Crippen molar-refractivity contribution in [3.8, 4) is 5.75 Å². The van der Waals surface area contributed by atoms with Gasteiger partial charge < -0.3 is 19.8 Å². The Balaban J connectivity index is 1.88. The van der Waals surface area contributed by atoms with Crippen molar-refractivity contribution < 1.29 is 18.7 Å². The molecule has 0 aliphatic carbocycles. The van der Waals surface area contributed by atoms with Crippen molar-refractivity contribution in [3.63, 3.8) is 0 Å². The highest BCUT2D eigenvalue weighted by molar-refractivity contribution is 6.18. The van der Waals surface area contributed by atoms with Crippen LogP contribution in [0.4, 0.5) is 11.4 Å². The molecule has 1 aromatic heterocycles. The summed E-state index contributed by atoms with van der Waals surface area (Å²) in [7, 11) is 1.57. The van der Waals surface area contributed by atoms with Gasteiger partial charge in [0, 0.05) is 23.4 Å². The Morgan fingerprint density at radius 2 is 1.81 bits per heavy atom. The molecule has 0 saturated heterocycles. The molecule has 3 aromatic rings. The summed E-state index contributed by atoms with van der Waals surface area (Å²) in [4.78, 5) is 24.9. The van der Waals surface area contributed by atoms with Crippen molar-refractivity contribution in [2.75, 3.05) is 23.6 Å². The average molecular weight is 387 g/mol. The molecule has 2 N–H and O–H groups in total. The van der Waals surface area contributed by atoms with Gasteiger partial charge in [-0.05, 0) is 42.8 Å². The van der Waals surface area contributed by atoms with Gasteiger partial charge >= 0.3 is 0 Å². The minimum Gasteiger partial charge on any atom is -0.497 e. The summed E-state index contributed by atoms with van der Waals surface area (Å²) in [6.07, 6.45) is 0.819. The number of hydrogen-bond acceptors (Lipinski definition) is 4. The van der Waals surface area contributed by atoms with Crippen LogP contribution in [0, 0.1) is 0 Å². The van der Waals surface area contributed by atoms with Gasteiger partial charge in [-0.2, -0.15) is 0 Å². The van der Waals surface area contributed by atoms with Crippen LogP contribution in [-0.4, -0.2) is 24.8 Å². The van der Waals surface area contributed by atoms with Crippen LogP contribution >= 0.6 is 11.6 Å². The molecule has 0 fully saturated rings. The standard InChI is InChI=1S/C20H19ClN2O4/c1-26-14-10-8-13(9-11-14)22-20(25)19-18(23-17(24)7-4-12-21)15-5-2-3-6-16(15)27-19/h2-3,5-6,8-11H,4,7,12H2,1H3,(H,22,25)(H,23,24). The lowest BCUT2D eigenvalue weighted by atomic mass is 10.2. The molecule has 0 saturated carbocycles. The maximum absolute atomic E-state index is 12.7. The van der Waals surface area contributed by atoms with E-state index >= 15 is 0 Å². The maximum Gasteiger partial charge on any atom is 0.293 e. The van der Waals surface area contributed by atoms with Crippen LogP contribution in [0.2, 0.25) is 0 Å². The number of methoxy groups -OCH3 is 1. The fraction of sp³-hybridized carbons (Fsp3) is 0.200. The number of rotatable bonds is 7. The Morgan fingerprint density at radius 3 is 2.52 bits per heavy atom. The van der Waals surface area contributed by atoms with Crippen molar-refractivity contribution in [1.82, 2.24) is 0 Å². The van der Waals surface area contributed by atoms with E-state index in [1.54, 1.807) is 49.6 Å². The number of nitrogens with one attached hydrogen (secondary N) is 2. The van der Waals surface area contributed by atoms with E-state index in [0.29, 0.717) is 40.4 Å². The molecule has 140 valence electrons. The molecule has 1 heterocycles. The van der Waals surface area contributed by atoms with Crippen LogP contribution in [0.15, 0.2) is 52.9 Å². The van der Waals surface area contributed by atoms with Crippen molar-refractivity contribution in [1.29, 1.82) is 0 Å². The molecule has 2 aromatic carbocycles. The quantitative estimate of drug-likeness (QED) is 0.579. The molecule has 3 rings (SSSR count). The van der Waals surface area contributed by atoms with E-state index in [2.05, 4.69) is 10.6 Å². The highest BCUT2D eigenvalue weighted by Crippen LogP contribution is 2.31. The van der Waals surface area contributed by atoms with Gasteiger partial charge in [-0.1, -0.05) is 12.1 Å². The number of alkyl halides is 1. The minimum atomic E-state index is -0.455. The Kier molecular flexibility index (Phi) is 5.98. The number of para-hydroxylation sites is 1. The van der Waals surface area contributed by atoms with Gasteiger partial charge in [0.1, 0.15) is 17.0 Å². The van der Waals surface area contributed by atoms with Crippen molar-refractivity contribution in [2.24, 2.45) is 0 Å². The predicted molar refractivity (Wildman–Crippen MR) is 106 cm³/mol. The van der Waals surface area contributed by atoms with E-state index in [9.17, 15) is 9.59 Å². The first-order valence-corrected chi connectivity index (χ1v) is 8.98. The summed E-state index contributed by atoms with van der Waals surface area (Å²) < 4.78 is 10.8. The zero-order valence-corrected chi connectivity index (χ0v) is 15.5. The molecule has 0 spiro atoms. The SMILES string of the molecule is COc1ccc(NC(=O)c2oc3ccccc3c2NC(=O)CCCCl)cc1. The molecule has 0 aliphatic rings. The molecule has 6 nitrogen and oxygen atoms in total. The van der Waals surface area contributed by atoms with Gasteiger partial charge in [0.05, 0.1) is 7.11 Å². The molecule has 27 heavy (non-hydrogen) atoms. The first-order valence-electron chi connectivity index (χ1n) is 8.45. The first-order chi connectivity index (χ1) is 13.1. The first kappa shape index (κ1) is 18.8.